The van der Waals surface area contributed by atoms with Gasteiger partial charge >= 0.3 is 5.97 Å². The Morgan fingerprint density at radius 1 is 1.11 bits per heavy atom. The molecule has 1 amide bonds. The van der Waals surface area contributed by atoms with Crippen molar-refractivity contribution in [3.05, 3.63) is 59.7 Å². The summed E-state index contributed by atoms with van der Waals surface area (Å²) < 4.78 is 1.78. The highest BCUT2D eigenvalue weighted by molar-refractivity contribution is 5.87. The van der Waals surface area contributed by atoms with Crippen LogP contribution >= 0.6 is 0 Å². The van der Waals surface area contributed by atoms with Crippen LogP contribution in [0.1, 0.15) is 41.1 Å². The predicted octanol–water partition coefficient (Wildman–Crippen LogP) is 2.93. The number of carboxylic acid groups (broad SMARTS) is 1. The van der Waals surface area contributed by atoms with Gasteiger partial charge in [-0.15, -0.1) is 5.10 Å². The van der Waals surface area contributed by atoms with Gasteiger partial charge in [-0.2, -0.15) is 0 Å². The second-order valence-electron chi connectivity index (χ2n) is 7.16. The van der Waals surface area contributed by atoms with E-state index in [1.54, 1.807) is 16.8 Å². The van der Waals surface area contributed by atoms with Crippen LogP contribution in [0.5, 0.6) is 0 Å². The van der Waals surface area contributed by atoms with E-state index in [-0.39, 0.29) is 17.4 Å². The van der Waals surface area contributed by atoms with E-state index in [2.05, 4.69) is 10.3 Å². The number of aromatic carboxylic acids is 1. The van der Waals surface area contributed by atoms with Crippen molar-refractivity contribution in [2.45, 2.75) is 31.7 Å². The molecule has 1 atom stereocenters. The van der Waals surface area contributed by atoms with Crippen LogP contribution in [0.4, 0.5) is 0 Å². The minimum Gasteiger partial charge on any atom is -0.478 e. The lowest BCUT2D eigenvalue weighted by atomic mass is 9.90. The molecule has 1 aromatic heterocycles. The lowest BCUT2D eigenvalue weighted by Crippen LogP contribution is -2.39. The molecule has 144 valence electrons. The minimum atomic E-state index is -0.923. The monoisotopic (exact) mass is 378 g/mol. The lowest BCUT2D eigenvalue weighted by molar-refractivity contribution is -0.132. The summed E-state index contributed by atoms with van der Waals surface area (Å²) in [5.74, 6) is -0.563. The molecule has 1 N–H and O–H groups in total. The molecule has 7 heteroatoms. The van der Waals surface area contributed by atoms with Crippen LogP contribution < -0.4 is 0 Å². The standard InChI is InChI=1S/C21H22N4O3/c26-20(11-13-25-19-6-2-1-5-18(19)22-23-25)24-12-3-4-17(14-24)15-7-9-16(10-8-15)21(27)28/h1-2,5-10,17H,3-4,11-14H2,(H,27,28)/t17-/m1/s1. The number of carbonyl (C=O) groups is 2. The van der Waals surface area contributed by atoms with Gasteiger partial charge in [0.25, 0.3) is 0 Å². The highest BCUT2D eigenvalue weighted by atomic mass is 16.4. The number of carbonyl (C=O) groups excluding carboxylic acids is 1. The summed E-state index contributed by atoms with van der Waals surface area (Å²) in [7, 11) is 0. The Morgan fingerprint density at radius 3 is 2.68 bits per heavy atom. The first kappa shape index (κ1) is 18.2. The largest absolute Gasteiger partial charge is 0.478 e. The first-order chi connectivity index (χ1) is 13.6. The van der Waals surface area contributed by atoms with E-state index in [0.29, 0.717) is 19.5 Å². The molecule has 2 heterocycles. The average Bonchev–Trinajstić information content (AvgIpc) is 3.15. The van der Waals surface area contributed by atoms with Gasteiger partial charge < -0.3 is 10.0 Å². The number of para-hydroxylation sites is 1. The highest BCUT2D eigenvalue weighted by Crippen LogP contribution is 2.27. The quantitative estimate of drug-likeness (QED) is 0.737. The first-order valence-corrected chi connectivity index (χ1v) is 9.51. The number of benzene rings is 2. The Labute approximate surface area is 162 Å². The molecule has 0 aliphatic carbocycles. The van der Waals surface area contributed by atoms with E-state index in [4.69, 9.17) is 5.11 Å². The van der Waals surface area contributed by atoms with Crippen molar-refractivity contribution in [3.8, 4) is 0 Å². The lowest BCUT2D eigenvalue weighted by Gasteiger charge is -2.33. The van der Waals surface area contributed by atoms with Crippen molar-refractivity contribution >= 4 is 22.9 Å². The molecule has 0 unspecified atom stereocenters. The second-order valence-corrected chi connectivity index (χ2v) is 7.16. The number of amides is 1. The third-order valence-corrected chi connectivity index (χ3v) is 5.36. The average molecular weight is 378 g/mol. The van der Waals surface area contributed by atoms with Crippen LogP contribution in [-0.2, 0) is 11.3 Å². The maximum Gasteiger partial charge on any atom is 0.335 e. The summed E-state index contributed by atoms with van der Waals surface area (Å²) in [6.07, 6.45) is 2.34. The number of nitrogens with zero attached hydrogens (tertiary/aromatic N) is 4. The molecule has 3 aromatic rings. The van der Waals surface area contributed by atoms with Gasteiger partial charge in [0.15, 0.2) is 0 Å². The Morgan fingerprint density at radius 2 is 1.89 bits per heavy atom. The van der Waals surface area contributed by atoms with E-state index in [1.807, 2.05) is 41.3 Å². The number of fused-ring (bicyclic) bond motifs is 1. The van der Waals surface area contributed by atoms with Gasteiger partial charge in [-0.05, 0) is 42.7 Å². The zero-order valence-corrected chi connectivity index (χ0v) is 15.5. The Balaban J connectivity index is 1.38. The van der Waals surface area contributed by atoms with Crippen LogP contribution in [-0.4, -0.2) is 50.0 Å². The summed E-state index contributed by atoms with van der Waals surface area (Å²) in [5, 5.41) is 17.3. The Bertz CT molecular complexity index is 996. The number of likely N-dealkylation sites (tertiary alicyclic amines) is 1. The molecule has 4 rings (SSSR count). The smallest absolute Gasteiger partial charge is 0.335 e. The molecule has 0 radical (unpaired) electrons. The van der Waals surface area contributed by atoms with Crippen LogP contribution in [0, 0.1) is 0 Å². The molecular formula is C21H22N4O3. The van der Waals surface area contributed by atoms with Crippen molar-refractivity contribution in [3.63, 3.8) is 0 Å². The fourth-order valence-corrected chi connectivity index (χ4v) is 3.82. The summed E-state index contributed by atoms with van der Waals surface area (Å²) in [4.78, 5) is 25.7. The molecule has 2 aromatic carbocycles. The van der Waals surface area contributed by atoms with Gasteiger partial charge in [0.2, 0.25) is 5.91 Å². The molecule has 28 heavy (non-hydrogen) atoms. The van der Waals surface area contributed by atoms with Crippen LogP contribution in [0.3, 0.4) is 0 Å². The fraction of sp³-hybridized carbons (Fsp3) is 0.333. The highest BCUT2D eigenvalue weighted by Gasteiger charge is 2.25. The molecule has 7 nitrogen and oxygen atoms in total. The number of aromatic nitrogens is 3. The molecule has 1 fully saturated rings. The number of aryl methyl sites for hydroxylation is 1. The normalized spacial score (nSPS) is 17.0. The molecule has 0 saturated carbocycles. The molecule has 0 spiro atoms. The molecular weight excluding hydrogens is 356 g/mol. The molecule has 1 aliphatic rings. The first-order valence-electron chi connectivity index (χ1n) is 9.51. The Kier molecular flexibility index (Phi) is 5.06. The molecule has 1 saturated heterocycles. The summed E-state index contributed by atoms with van der Waals surface area (Å²) in [6, 6.07) is 14.7. The third-order valence-electron chi connectivity index (χ3n) is 5.36. The predicted molar refractivity (Wildman–Crippen MR) is 104 cm³/mol. The van der Waals surface area contributed by atoms with Gasteiger partial charge in [-0.1, -0.05) is 29.5 Å². The van der Waals surface area contributed by atoms with E-state index in [0.717, 1.165) is 36.0 Å². The van der Waals surface area contributed by atoms with Crippen LogP contribution in [0.15, 0.2) is 48.5 Å². The minimum absolute atomic E-state index is 0.117. The topological polar surface area (TPSA) is 88.3 Å². The SMILES string of the molecule is O=C(O)c1ccc([C@@H]2CCCN(C(=O)CCn3nnc4ccccc43)C2)cc1. The van der Waals surface area contributed by atoms with Crippen molar-refractivity contribution in [1.29, 1.82) is 0 Å². The summed E-state index contributed by atoms with van der Waals surface area (Å²) in [6.45, 7) is 1.94. The summed E-state index contributed by atoms with van der Waals surface area (Å²) in [5.41, 5.74) is 3.14. The zero-order valence-electron chi connectivity index (χ0n) is 15.5. The van der Waals surface area contributed by atoms with Gasteiger partial charge in [0.05, 0.1) is 17.6 Å². The number of hydrogen-bond donors (Lipinski definition) is 1. The van der Waals surface area contributed by atoms with Crippen LogP contribution in [0.2, 0.25) is 0 Å². The van der Waals surface area contributed by atoms with Crippen molar-refractivity contribution in [2.24, 2.45) is 0 Å². The third kappa shape index (κ3) is 3.74. The second kappa shape index (κ2) is 7.80. The fourth-order valence-electron chi connectivity index (χ4n) is 3.82. The van der Waals surface area contributed by atoms with Gasteiger partial charge in [-0.25, -0.2) is 9.48 Å². The van der Waals surface area contributed by atoms with Crippen molar-refractivity contribution in [1.82, 2.24) is 19.9 Å². The summed E-state index contributed by atoms with van der Waals surface area (Å²) >= 11 is 0. The number of hydrogen-bond acceptors (Lipinski definition) is 4. The van der Waals surface area contributed by atoms with Crippen LogP contribution in [0.25, 0.3) is 11.0 Å². The van der Waals surface area contributed by atoms with Gasteiger partial charge in [0, 0.05) is 25.4 Å². The Hall–Kier alpha value is -3.22. The van der Waals surface area contributed by atoms with E-state index < -0.39 is 5.97 Å². The van der Waals surface area contributed by atoms with E-state index in [1.165, 1.54) is 0 Å². The van der Waals surface area contributed by atoms with Gasteiger partial charge in [-0.3, -0.25) is 4.79 Å². The number of piperidine rings is 1. The van der Waals surface area contributed by atoms with Gasteiger partial charge in [0.1, 0.15) is 5.52 Å². The van der Waals surface area contributed by atoms with Crippen molar-refractivity contribution in [2.75, 3.05) is 13.1 Å². The number of carboxylic acids is 1. The molecule has 0 bridgehead atoms. The maximum absolute atomic E-state index is 12.7. The van der Waals surface area contributed by atoms with E-state index >= 15 is 0 Å². The van der Waals surface area contributed by atoms with E-state index in [9.17, 15) is 9.59 Å². The zero-order chi connectivity index (χ0) is 19.5. The maximum atomic E-state index is 12.7. The molecule has 1 aliphatic heterocycles. The number of rotatable bonds is 5. The van der Waals surface area contributed by atoms with Crippen molar-refractivity contribution < 1.29 is 14.7 Å².